The molecule has 100 valence electrons. The number of alkyl halides is 1. The summed E-state index contributed by atoms with van der Waals surface area (Å²) in [5.74, 6) is -0.694. The fraction of sp³-hybridized carbons (Fsp3) is 0.500. The van der Waals surface area contributed by atoms with Gasteiger partial charge in [0.2, 0.25) is 12.1 Å². The Labute approximate surface area is 107 Å². The fourth-order valence-corrected chi connectivity index (χ4v) is 1.95. The first-order chi connectivity index (χ1) is 8.60. The molecule has 0 bridgehead atoms. The quantitative estimate of drug-likeness (QED) is 0.702. The van der Waals surface area contributed by atoms with Crippen LogP contribution in [0.2, 0.25) is 0 Å². The van der Waals surface area contributed by atoms with E-state index in [0.717, 1.165) is 0 Å². The Morgan fingerprint density at radius 1 is 1.28 bits per heavy atom. The standard InChI is InChI=1S/C14H19FO3/c1-4-10-14(15,11-8-6-5-7-9-11)12(16)13(17-2)18-3/h5-9,13H,4,10H2,1-3H3/t14-/m1/s1. The van der Waals surface area contributed by atoms with Crippen LogP contribution in [0, 0.1) is 0 Å². The Morgan fingerprint density at radius 2 is 1.83 bits per heavy atom. The number of benzene rings is 1. The number of ketones is 1. The third-order valence-corrected chi connectivity index (χ3v) is 2.86. The monoisotopic (exact) mass is 254 g/mol. The molecular formula is C14H19FO3. The fourth-order valence-electron chi connectivity index (χ4n) is 1.95. The van der Waals surface area contributed by atoms with E-state index >= 15 is 4.39 Å². The predicted octanol–water partition coefficient (Wildman–Crippen LogP) is 2.84. The van der Waals surface area contributed by atoms with Crippen LogP contribution < -0.4 is 0 Å². The number of ether oxygens (including phenoxy) is 2. The number of halogens is 1. The molecule has 0 amide bonds. The summed E-state index contributed by atoms with van der Waals surface area (Å²) in [7, 11) is 2.65. The maximum atomic E-state index is 15.0. The van der Waals surface area contributed by atoms with Gasteiger partial charge in [-0.25, -0.2) is 4.39 Å². The van der Waals surface area contributed by atoms with Crippen LogP contribution in [-0.2, 0) is 19.9 Å². The minimum absolute atomic E-state index is 0.110. The van der Waals surface area contributed by atoms with Crippen molar-refractivity contribution in [1.29, 1.82) is 0 Å². The summed E-state index contributed by atoms with van der Waals surface area (Å²) in [6, 6.07) is 8.42. The number of Topliss-reactive ketones (excluding diaryl/α,β-unsaturated/α-hetero) is 1. The smallest absolute Gasteiger partial charge is 0.230 e. The van der Waals surface area contributed by atoms with Crippen LogP contribution in [0.5, 0.6) is 0 Å². The van der Waals surface area contributed by atoms with Gasteiger partial charge in [0.1, 0.15) is 0 Å². The van der Waals surface area contributed by atoms with Crippen molar-refractivity contribution in [2.24, 2.45) is 0 Å². The van der Waals surface area contributed by atoms with E-state index in [4.69, 9.17) is 9.47 Å². The largest absolute Gasteiger partial charge is 0.349 e. The highest BCUT2D eigenvalue weighted by atomic mass is 19.1. The lowest BCUT2D eigenvalue weighted by molar-refractivity contribution is -0.170. The number of hydrogen-bond donors (Lipinski definition) is 0. The third kappa shape index (κ3) is 2.94. The lowest BCUT2D eigenvalue weighted by Crippen LogP contribution is -2.41. The zero-order chi connectivity index (χ0) is 13.6. The Bertz CT molecular complexity index is 376. The predicted molar refractivity (Wildman–Crippen MR) is 66.9 cm³/mol. The van der Waals surface area contributed by atoms with E-state index in [1.165, 1.54) is 14.2 Å². The molecule has 0 radical (unpaired) electrons. The van der Waals surface area contributed by atoms with Crippen LogP contribution in [0.4, 0.5) is 4.39 Å². The van der Waals surface area contributed by atoms with Gasteiger partial charge in [-0.1, -0.05) is 43.7 Å². The van der Waals surface area contributed by atoms with Crippen molar-refractivity contribution in [2.75, 3.05) is 14.2 Å². The molecule has 0 saturated heterocycles. The van der Waals surface area contributed by atoms with Crippen molar-refractivity contribution in [2.45, 2.75) is 31.7 Å². The van der Waals surface area contributed by atoms with Gasteiger partial charge in [0.15, 0.2) is 5.67 Å². The zero-order valence-electron chi connectivity index (χ0n) is 11.0. The SMILES string of the molecule is CCC[C@](F)(C(=O)C(OC)OC)c1ccccc1. The van der Waals surface area contributed by atoms with Crippen LogP contribution in [-0.4, -0.2) is 26.3 Å². The molecule has 0 heterocycles. The van der Waals surface area contributed by atoms with Crippen molar-refractivity contribution < 1.29 is 18.7 Å². The maximum absolute atomic E-state index is 15.0. The van der Waals surface area contributed by atoms with Crippen molar-refractivity contribution >= 4 is 5.78 Å². The van der Waals surface area contributed by atoms with Crippen molar-refractivity contribution in [3.8, 4) is 0 Å². The Balaban J connectivity index is 3.11. The van der Waals surface area contributed by atoms with E-state index in [1.54, 1.807) is 30.3 Å². The molecule has 0 aliphatic rings. The van der Waals surface area contributed by atoms with Crippen molar-refractivity contribution in [1.82, 2.24) is 0 Å². The summed E-state index contributed by atoms with van der Waals surface area (Å²) in [4.78, 5) is 12.2. The van der Waals surface area contributed by atoms with E-state index < -0.39 is 17.7 Å². The van der Waals surface area contributed by atoms with Crippen LogP contribution in [0.1, 0.15) is 25.3 Å². The molecule has 0 N–H and O–H groups in total. The van der Waals surface area contributed by atoms with Crippen LogP contribution in [0.3, 0.4) is 0 Å². The van der Waals surface area contributed by atoms with E-state index in [-0.39, 0.29) is 6.42 Å². The Hall–Kier alpha value is -1.26. The topological polar surface area (TPSA) is 35.5 Å². The van der Waals surface area contributed by atoms with Gasteiger partial charge in [-0.15, -0.1) is 0 Å². The number of rotatable bonds is 7. The Morgan fingerprint density at radius 3 is 2.28 bits per heavy atom. The molecule has 0 aliphatic heterocycles. The molecule has 3 nitrogen and oxygen atoms in total. The lowest BCUT2D eigenvalue weighted by Gasteiger charge is -2.27. The summed E-state index contributed by atoms with van der Waals surface area (Å²) in [5, 5.41) is 0. The van der Waals surface area contributed by atoms with E-state index in [9.17, 15) is 4.79 Å². The third-order valence-electron chi connectivity index (χ3n) is 2.86. The van der Waals surface area contributed by atoms with E-state index in [0.29, 0.717) is 12.0 Å². The molecule has 0 saturated carbocycles. The van der Waals surface area contributed by atoms with E-state index in [2.05, 4.69) is 0 Å². The molecular weight excluding hydrogens is 235 g/mol. The number of methoxy groups -OCH3 is 2. The summed E-state index contributed by atoms with van der Waals surface area (Å²) >= 11 is 0. The molecule has 4 heteroatoms. The molecule has 1 rings (SSSR count). The summed E-state index contributed by atoms with van der Waals surface area (Å²) in [6.07, 6.45) is -0.516. The lowest BCUT2D eigenvalue weighted by atomic mass is 9.86. The highest BCUT2D eigenvalue weighted by molar-refractivity contribution is 5.91. The number of carbonyl (C=O) groups is 1. The van der Waals surface area contributed by atoms with E-state index in [1.807, 2.05) is 6.92 Å². The second-order valence-electron chi connectivity index (χ2n) is 4.08. The highest BCUT2D eigenvalue weighted by Gasteiger charge is 2.43. The molecule has 18 heavy (non-hydrogen) atoms. The minimum Gasteiger partial charge on any atom is -0.349 e. The molecule has 1 atom stereocenters. The van der Waals surface area contributed by atoms with Gasteiger partial charge in [0, 0.05) is 14.2 Å². The van der Waals surface area contributed by atoms with Gasteiger partial charge in [0.05, 0.1) is 0 Å². The first-order valence-corrected chi connectivity index (χ1v) is 5.94. The zero-order valence-corrected chi connectivity index (χ0v) is 11.0. The molecule has 1 aromatic carbocycles. The first-order valence-electron chi connectivity index (χ1n) is 5.94. The minimum atomic E-state index is -2.06. The molecule has 0 fully saturated rings. The second-order valence-corrected chi connectivity index (χ2v) is 4.08. The molecule has 1 aromatic rings. The van der Waals surface area contributed by atoms with Crippen LogP contribution >= 0.6 is 0 Å². The van der Waals surface area contributed by atoms with Gasteiger partial charge < -0.3 is 9.47 Å². The highest BCUT2D eigenvalue weighted by Crippen LogP contribution is 2.33. The summed E-state index contributed by atoms with van der Waals surface area (Å²) in [6.45, 7) is 1.83. The van der Waals surface area contributed by atoms with Gasteiger partial charge in [-0.3, -0.25) is 4.79 Å². The second kappa shape index (κ2) is 6.61. The van der Waals surface area contributed by atoms with Crippen LogP contribution in [0.25, 0.3) is 0 Å². The Kier molecular flexibility index (Phi) is 5.44. The summed E-state index contributed by atoms with van der Waals surface area (Å²) in [5.41, 5.74) is -1.72. The maximum Gasteiger partial charge on any atom is 0.230 e. The first kappa shape index (κ1) is 14.8. The normalized spacial score (nSPS) is 14.5. The molecule has 0 unspecified atom stereocenters. The summed E-state index contributed by atoms with van der Waals surface area (Å²) < 4.78 is 24.8. The van der Waals surface area contributed by atoms with Gasteiger partial charge in [-0.2, -0.15) is 0 Å². The van der Waals surface area contributed by atoms with Gasteiger partial charge in [0.25, 0.3) is 0 Å². The van der Waals surface area contributed by atoms with Crippen molar-refractivity contribution in [3.05, 3.63) is 35.9 Å². The van der Waals surface area contributed by atoms with Crippen molar-refractivity contribution in [3.63, 3.8) is 0 Å². The number of carbonyl (C=O) groups excluding carboxylic acids is 1. The van der Waals surface area contributed by atoms with Gasteiger partial charge in [-0.05, 0) is 12.0 Å². The average molecular weight is 254 g/mol. The van der Waals surface area contributed by atoms with Crippen LogP contribution in [0.15, 0.2) is 30.3 Å². The average Bonchev–Trinajstić information content (AvgIpc) is 2.41. The molecule has 0 spiro atoms. The van der Waals surface area contributed by atoms with Gasteiger partial charge >= 0.3 is 0 Å². The molecule has 0 aromatic heterocycles. The molecule has 0 aliphatic carbocycles. The number of hydrogen-bond acceptors (Lipinski definition) is 3.